The molecule has 4 nitrogen and oxygen atoms in total. The summed E-state index contributed by atoms with van der Waals surface area (Å²) in [6.45, 7) is 15.5. The maximum Gasteiger partial charge on any atom is 0.335 e. The molecule has 0 radical (unpaired) electrons. The number of rotatable bonds is 17. The van der Waals surface area contributed by atoms with Crippen molar-refractivity contribution in [3.05, 3.63) is 0 Å². The molecule has 0 aliphatic heterocycles. The van der Waals surface area contributed by atoms with Crippen LogP contribution in [0.3, 0.4) is 0 Å². The molecule has 0 fully saturated rings. The van der Waals surface area contributed by atoms with E-state index in [1.165, 1.54) is 0 Å². The molecule has 0 aliphatic carbocycles. The lowest BCUT2D eigenvalue weighted by molar-refractivity contribution is 0.190. The molecule has 0 saturated heterocycles. The Balaban J connectivity index is 3.76. The van der Waals surface area contributed by atoms with Crippen molar-refractivity contribution in [1.82, 2.24) is 0 Å². The Kier molecular flexibility index (Phi) is 16.8. The van der Waals surface area contributed by atoms with Crippen LogP contribution < -0.4 is 0 Å². The summed E-state index contributed by atoms with van der Waals surface area (Å²) >= 11 is 0. The number of hydrogen-bond donors (Lipinski definition) is 0. The van der Waals surface area contributed by atoms with E-state index < -0.39 is 17.1 Å². The number of hydrogen-bond acceptors (Lipinski definition) is 8. The Hall–Kier alpha value is 1.67. The van der Waals surface area contributed by atoms with Gasteiger partial charge in [0.1, 0.15) is 0 Å². The van der Waals surface area contributed by atoms with Crippen molar-refractivity contribution in [3.63, 3.8) is 0 Å². The van der Waals surface area contributed by atoms with Crippen molar-refractivity contribution in [2.45, 2.75) is 52.9 Å². The molecule has 0 N–H and O–H groups in total. The van der Waals surface area contributed by atoms with Crippen LogP contribution in [0.4, 0.5) is 0 Å². The first-order valence-corrected chi connectivity index (χ1v) is 18.8. The monoisotopic (exact) mass is 450 g/mol. The second-order valence-electron chi connectivity index (χ2n) is 5.28. The SMILES string of the molecule is CCO[Si](C)(CCSSSSCC[Si](C)(OCC)OCC)OCC. The summed E-state index contributed by atoms with van der Waals surface area (Å²) in [5.74, 6) is 2.15. The van der Waals surface area contributed by atoms with Gasteiger partial charge < -0.3 is 17.7 Å². The summed E-state index contributed by atoms with van der Waals surface area (Å²) in [6.07, 6.45) is 0. The van der Waals surface area contributed by atoms with E-state index in [-0.39, 0.29) is 0 Å². The van der Waals surface area contributed by atoms with Gasteiger partial charge in [0.2, 0.25) is 0 Å². The highest BCUT2D eigenvalue weighted by Crippen LogP contribution is 2.44. The van der Waals surface area contributed by atoms with E-state index in [0.29, 0.717) is 0 Å². The zero-order valence-electron chi connectivity index (χ0n) is 15.9. The van der Waals surface area contributed by atoms with Gasteiger partial charge in [-0.1, -0.05) is 21.6 Å². The molecule has 10 heteroatoms. The van der Waals surface area contributed by atoms with Crippen LogP contribution >= 0.6 is 41.2 Å². The molecule has 0 heterocycles. The summed E-state index contributed by atoms with van der Waals surface area (Å²) in [7, 11) is 3.59. The quantitative estimate of drug-likeness (QED) is 0.153. The summed E-state index contributed by atoms with van der Waals surface area (Å²) in [5, 5.41) is 0. The molecule has 0 saturated carbocycles. The topological polar surface area (TPSA) is 36.9 Å². The van der Waals surface area contributed by atoms with Crippen LogP contribution in [0.25, 0.3) is 0 Å². The first-order chi connectivity index (χ1) is 11.4. The maximum absolute atomic E-state index is 5.86. The first-order valence-electron chi connectivity index (χ1n) is 8.58. The van der Waals surface area contributed by atoms with E-state index in [1.54, 1.807) is 0 Å². The van der Waals surface area contributed by atoms with Crippen LogP contribution in [0.5, 0.6) is 0 Å². The van der Waals surface area contributed by atoms with E-state index in [9.17, 15) is 0 Å². The summed E-state index contributed by atoms with van der Waals surface area (Å²) in [5.41, 5.74) is 0. The van der Waals surface area contributed by atoms with Crippen molar-refractivity contribution >= 4 is 58.4 Å². The van der Waals surface area contributed by atoms with Crippen molar-refractivity contribution in [1.29, 1.82) is 0 Å². The molecule has 0 amide bonds. The molecule has 0 bridgehead atoms. The van der Waals surface area contributed by atoms with E-state index in [4.69, 9.17) is 17.7 Å². The molecule has 0 aliphatic rings. The van der Waals surface area contributed by atoms with Gasteiger partial charge in [-0.25, -0.2) is 0 Å². The fourth-order valence-corrected chi connectivity index (χ4v) is 15.4. The summed E-state index contributed by atoms with van der Waals surface area (Å²) in [4.78, 5) is 0. The third-order valence-electron chi connectivity index (χ3n) is 3.20. The second-order valence-corrected chi connectivity index (χ2v) is 18.2. The molecule has 0 atom stereocenters. The Bertz CT molecular complexity index is 264. The van der Waals surface area contributed by atoms with Crippen LogP contribution in [0.15, 0.2) is 0 Å². The third kappa shape index (κ3) is 12.9. The van der Waals surface area contributed by atoms with E-state index in [1.807, 2.05) is 68.9 Å². The lowest BCUT2D eigenvalue weighted by Gasteiger charge is -2.25. The Morgan fingerprint density at radius 3 is 1.12 bits per heavy atom. The average Bonchev–Trinajstić information content (AvgIpc) is 2.51. The van der Waals surface area contributed by atoms with E-state index >= 15 is 0 Å². The molecule has 0 spiro atoms. The van der Waals surface area contributed by atoms with Crippen LogP contribution in [-0.2, 0) is 17.7 Å². The van der Waals surface area contributed by atoms with Gasteiger partial charge in [0, 0.05) is 50.0 Å². The molecular weight excluding hydrogens is 417 g/mol. The van der Waals surface area contributed by atoms with Gasteiger partial charge >= 0.3 is 17.1 Å². The zero-order valence-corrected chi connectivity index (χ0v) is 21.2. The standard InChI is InChI=1S/C14H34O4S4Si2/c1-7-15-23(5,16-8-2)13-11-19-21-22-20-12-14-24(6,17-9-3)18-10-4/h7-14H2,1-6H3. The van der Waals surface area contributed by atoms with Gasteiger partial charge in [0.05, 0.1) is 0 Å². The zero-order chi connectivity index (χ0) is 18.3. The van der Waals surface area contributed by atoms with E-state index in [0.717, 1.165) is 50.0 Å². The average molecular weight is 451 g/mol. The van der Waals surface area contributed by atoms with Crippen molar-refractivity contribution < 1.29 is 17.7 Å². The van der Waals surface area contributed by atoms with Crippen LogP contribution in [0, 0.1) is 0 Å². The molecule has 0 rings (SSSR count). The van der Waals surface area contributed by atoms with Crippen molar-refractivity contribution in [2.24, 2.45) is 0 Å². The van der Waals surface area contributed by atoms with Gasteiger partial charge in [0.15, 0.2) is 0 Å². The fourth-order valence-electron chi connectivity index (χ4n) is 2.15. The first kappa shape index (κ1) is 25.7. The smallest absolute Gasteiger partial charge is 0.335 e. The van der Waals surface area contributed by atoms with E-state index in [2.05, 4.69) is 13.1 Å². The molecule has 0 aromatic heterocycles. The molecule has 146 valence electrons. The minimum absolute atomic E-state index is 0.744. The van der Waals surface area contributed by atoms with Gasteiger partial charge in [-0.05, 0) is 60.4 Å². The predicted octanol–water partition coefficient (Wildman–Crippen LogP) is 5.95. The van der Waals surface area contributed by atoms with Crippen molar-refractivity contribution in [3.8, 4) is 0 Å². The highest BCUT2D eigenvalue weighted by molar-refractivity contribution is 9.26. The fraction of sp³-hybridized carbons (Fsp3) is 1.00. The van der Waals surface area contributed by atoms with Crippen LogP contribution in [-0.4, -0.2) is 55.1 Å². The highest BCUT2D eigenvalue weighted by atomic mass is 33.7. The van der Waals surface area contributed by atoms with Crippen LogP contribution in [0.1, 0.15) is 27.7 Å². The summed E-state index contributed by atoms with van der Waals surface area (Å²) < 4.78 is 23.4. The molecule has 24 heavy (non-hydrogen) atoms. The highest BCUT2D eigenvalue weighted by Gasteiger charge is 2.31. The lowest BCUT2D eigenvalue weighted by atomic mass is 10.9. The van der Waals surface area contributed by atoms with Gasteiger partial charge in [0.25, 0.3) is 0 Å². The Morgan fingerprint density at radius 2 is 0.875 bits per heavy atom. The van der Waals surface area contributed by atoms with Gasteiger partial charge in [-0.2, -0.15) is 0 Å². The largest absolute Gasteiger partial charge is 0.395 e. The van der Waals surface area contributed by atoms with Gasteiger partial charge in [-0.3, -0.25) is 0 Å². The van der Waals surface area contributed by atoms with Crippen LogP contribution in [0.2, 0.25) is 25.2 Å². The Morgan fingerprint density at radius 1 is 0.583 bits per heavy atom. The van der Waals surface area contributed by atoms with Crippen molar-refractivity contribution in [2.75, 3.05) is 37.9 Å². The summed E-state index contributed by atoms with van der Waals surface area (Å²) in [6, 6.07) is 2.08. The molecule has 0 unspecified atom stereocenters. The third-order valence-corrected chi connectivity index (χ3v) is 16.3. The second kappa shape index (κ2) is 15.7. The maximum atomic E-state index is 5.86. The Labute approximate surface area is 166 Å². The minimum Gasteiger partial charge on any atom is -0.395 e. The normalized spacial score (nSPS) is 12.8. The molecule has 0 aromatic rings. The molecular formula is C14H34O4S4Si2. The minimum atomic E-state index is -1.95. The lowest BCUT2D eigenvalue weighted by Crippen LogP contribution is -2.39. The van der Waals surface area contributed by atoms with Gasteiger partial charge in [-0.15, -0.1) is 0 Å². The predicted molar refractivity (Wildman–Crippen MR) is 119 cm³/mol. The molecule has 0 aromatic carbocycles.